The quantitative estimate of drug-likeness (QED) is 0.0857. The molecule has 1 aliphatic heterocycles. The highest BCUT2D eigenvalue weighted by atomic mass is 35.5. The molecule has 2 unspecified atom stereocenters. The summed E-state index contributed by atoms with van der Waals surface area (Å²) in [4.78, 5) is 31.5. The first kappa shape index (κ1) is 45.1. The van der Waals surface area contributed by atoms with Crippen LogP contribution < -0.4 is 20.3 Å². The molecule has 11 heteroatoms. The van der Waals surface area contributed by atoms with Gasteiger partial charge in [-0.3, -0.25) is 0 Å². The van der Waals surface area contributed by atoms with Gasteiger partial charge in [-0.1, -0.05) is 55.2 Å². The van der Waals surface area contributed by atoms with E-state index >= 15 is 0 Å². The van der Waals surface area contributed by atoms with Crippen LogP contribution in [0.25, 0.3) is 11.1 Å². The molecule has 0 amide bonds. The van der Waals surface area contributed by atoms with Crippen molar-refractivity contribution in [3.05, 3.63) is 98.0 Å². The molecule has 3 aromatic carbocycles. The average molecular weight is 767 g/mol. The molecule has 0 aliphatic carbocycles. The fourth-order valence-electron chi connectivity index (χ4n) is 6.91. The van der Waals surface area contributed by atoms with E-state index in [1.807, 2.05) is 73.6 Å². The molecule has 2 heterocycles. The predicted octanol–water partition coefficient (Wildman–Crippen LogP) is 8.68. The summed E-state index contributed by atoms with van der Waals surface area (Å²) in [6, 6.07) is 14.6. The lowest BCUT2D eigenvalue weighted by Crippen LogP contribution is -2.20. The van der Waals surface area contributed by atoms with E-state index in [1.54, 1.807) is 6.33 Å². The molecule has 0 fully saturated rings. The molecule has 2 atom stereocenters. The number of anilines is 2. The number of nitrogens with zero attached hydrogens (tertiary/aromatic N) is 3. The maximum atomic E-state index is 12.2. The number of carbonyl (C=O) groups excluding carboxylic acids is 2. The summed E-state index contributed by atoms with van der Waals surface area (Å²) in [5, 5.41) is 15.4. The van der Waals surface area contributed by atoms with Crippen molar-refractivity contribution < 1.29 is 19.4 Å². The number of aryl methyl sites for hydroxylation is 4. The topological polar surface area (TPSA) is 117 Å². The maximum Gasteiger partial charge on any atom is 0.129 e. The van der Waals surface area contributed by atoms with Crippen LogP contribution in [0.3, 0.4) is 0 Å². The van der Waals surface area contributed by atoms with Crippen molar-refractivity contribution in [1.29, 1.82) is 0 Å². The number of aliphatic hydroxyl groups is 1. The Labute approximate surface area is 326 Å². The summed E-state index contributed by atoms with van der Waals surface area (Å²) >= 11 is 13.4. The lowest BCUT2D eigenvalue weighted by Gasteiger charge is -2.26. The molecular weight excluding hydrogens is 709 g/mol. The highest BCUT2D eigenvalue weighted by molar-refractivity contribution is 6.34. The van der Waals surface area contributed by atoms with Crippen molar-refractivity contribution in [3.63, 3.8) is 0 Å². The van der Waals surface area contributed by atoms with E-state index in [0.29, 0.717) is 24.7 Å². The van der Waals surface area contributed by atoms with Gasteiger partial charge >= 0.3 is 0 Å². The molecule has 5 rings (SSSR count). The first-order chi connectivity index (χ1) is 25.6. The molecule has 53 heavy (non-hydrogen) atoms. The summed E-state index contributed by atoms with van der Waals surface area (Å²) in [7, 11) is 5.01. The number of aliphatic hydroxyl groups excluding tert-OH is 1. The molecule has 4 aromatic rings. The van der Waals surface area contributed by atoms with Crippen LogP contribution in [-0.4, -0.2) is 75.6 Å². The van der Waals surface area contributed by atoms with Gasteiger partial charge in [-0.05, 0) is 112 Å². The van der Waals surface area contributed by atoms with E-state index in [2.05, 4.69) is 56.8 Å². The minimum Gasteiger partial charge on any atom is -0.494 e. The Hall–Kier alpha value is -4.02. The number of nitrogens with one attached hydrogen (secondary N) is 2. The summed E-state index contributed by atoms with van der Waals surface area (Å²) < 4.78 is 6.26. The smallest absolute Gasteiger partial charge is 0.129 e. The molecule has 0 spiro atoms. The van der Waals surface area contributed by atoms with E-state index in [1.165, 1.54) is 11.1 Å². The molecule has 0 bridgehead atoms. The van der Waals surface area contributed by atoms with E-state index in [4.69, 9.17) is 37.8 Å². The largest absolute Gasteiger partial charge is 0.494 e. The zero-order valence-corrected chi connectivity index (χ0v) is 34.3. The molecule has 9 nitrogen and oxygen atoms in total. The third-order valence-corrected chi connectivity index (χ3v) is 10.1. The maximum absolute atomic E-state index is 12.2. The fraction of sp³-hybridized carbons (Fsp3) is 0.429. The predicted molar refractivity (Wildman–Crippen MR) is 222 cm³/mol. The molecule has 0 radical (unpaired) electrons. The van der Waals surface area contributed by atoms with E-state index in [9.17, 15) is 4.79 Å². The van der Waals surface area contributed by atoms with Crippen molar-refractivity contribution >= 4 is 47.7 Å². The van der Waals surface area contributed by atoms with E-state index in [-0.39, 0.29) is 11.8 Å². The third-order valence-electron chi connectivity index (χ3n) is 9.21. The summed E-state index contributed by atoms with van der Waals surface area (Å²) in [6.45, 7) is 16.8. The van der Waals surface area contributed by atoms with Crippen molar-refractivity contribution in [3.8, 4) is 16.9 Å². The molecule has 3 N–H and O–H groups in total. The highest BCUT2D eigenvalue weighted by Gasteiger charge is 2.30. The lowest BCUT2D eigenvalue weighted by molar-refractivity contribution is -0.108. The number of benzene rings is 3. The number of rotatable bonds is 14. The molecule has 1 aromatic heterocycles. The third kappa shape index (κ3) is 11.2. The van der Waals surface area contributed by atoms with Gasteiger partial charge in [-0.2, -0.15) is 0 Å². The minimum atomic E-state index is -0.146. The van der Waals surface area contributed by atoms with Crippen LogP contribution in [0.1, 0.15) is 77.7 Å². The van der Waals surface area contributed by atoms with Crippen LogP contribution in [-0.2, 0) is 16.0 Å². The zero-order valence-electron chi connectivity index (χ0n) is 32.8. The fourth-order valence-corrected chi connectivity index (χ4v) is 7.27. The molecular formula is C42H57Cl2N5O4. The second-order valence-corrected chi connectivity index (χ2v) is 13.4. The van der Waals surface area contributed by atoms with Gasteiger partial charge in [0.25, 0.3) is 0 Å². The number of carbonyl (C=O) groups is 2. The van der Waals surface area contributed by atoms with Crippen molar-refractivity contribution in [2.24, 2.45) is 0 Å². The number of likely N-dealkylation sites (N-methyl/N-ethyl adjacent to an activating group) is 2. The number of hydrogen-bond donors (Lipinski definition) is 3. The monoisotopic (exact) mass is 765 g/mol. The average Bonchev–Trinajstić information content (AvgIpc) is 3.51. The number of ether oxygens (including phenoxy) is 1. The SMILES string of the molecule is C=O.CC.CNCCNc1c(C(CCCOc2cc(C)c(Cl)c(C)c2)Cc2cccc3c2C(C=O)CN3C)ccc(Cl)c1-c1c(C)ncnc1C.CO. The van der Waals surface area contributed by atoms with E-state index < -0.39 is 0 Å². The van der Waals surface area contributed by atoms with Crippen LogP contribution >= 0.6 is 23.2 Å². The molecule has 1 aliphatic rings. The van der Waals surface area contributed by atoms with Gasteiger partial charge in [0.05, 0.1) is 17.5 Å². The summed E-state index contributed by atoms with van der Waals surface area (Å²) in [6.07, 6.45) is 5.16. The first-order valence-corrected chi connectivity index (χ1v) is 18.8. The highest BCUT2D eigenvalue weighted by Crippen LogP contribution is 2.45. The second-order valence-electron chi connectivity index (χ2n) is 12.6. The van der Waals surface area contributed by atoms with Gasteiger partial charge in [-0.15, -0.1) is 0 Å². The number of hydrogen-bond acceptors (Lipinski definition) is 9. The molecule has 0 saturated heterocycles. The van der Waals surface area contributed by atoms with Crippen LogP contribution in [0.5, 0.6) is 5.75 Å². The van der Waals surface area contributed by atoms with Crippen molar-refractivity contribution in [1.82, 2.24) is 15.3 Å². The number of halogens is 2. The molecule has 0 saturated carbocycles. The van der Waals surface area contributed by atoms with Gasteiger partial charge in [0.15, 0.2) is 0 Å². The minimum absolute atomic E-state index is 0.107. The Morgan fingerprint density at radius 2 is 1.64 bits per heavy atom. The van der Waals surface area contributed by atoms with Crippen molar-refractivity contribution in [2.45, 2.75) is 72.6 Å². The zero-order chi connectivity index (χ0) is 39.7. The van der Waals surface area contributed by atoms with E-state index in [0.717, 1.165) is 101 Å². The lowest BCUT2D eigenvalue weighted by atomic mass is 9.82. The Morgan fingerprint density at radius 3 is 2.25 bits per heavy atom. The number of aldehydes is 1. The van der Waals surface area contributed by atoms with Crippen LogP contribution in [0, 0.1) is 27.7 Å². The Balaban J connectivity index is 0.00000154. The second kappa shape index (κ2) is 22.9. The van der Waals surface area contributed by atoms with Gasteiger partial charge in [0.1, 0.15) is 25.2 Å². The number of fused-ring (bicyclic) bond motifs is 1. The van der Waals surface area contributed by atoms with Gasteiger partial charge in [-0.25, -0.2) is 9.97 Å². The first-order valence-electron chi connectivity index (χ1n) is 18.0. The van der Waals surface area contributed by atoms with Crippen LogP contribution in [0.4, 0.5) is 11.4 Å². The van der Waals surface area contributed by atoms with Crippen molar-refractivity contribution in [2.75, 3.05) is 57.7 Å². The van der Waals surface area contributed by atoms with Crippen LogP contribution in [0.2, 0.25) is 10.0 Å². The summed E-state index contributed by atoms with van der Waals surface area (Å²) in [5.74, 6) is 0.791. The Bertz CT molecular complexity index is 1730. The van der Waals surface area contributed by atoms with Crippen LogP contribution in [0.15, 0.2) is 48.8 Å². The Morgan fingerprint density at radius 1 is 1.00 bits per heavy atom. The van der Waals surface area contributed by atoms with Gasteiger partial charge in [0, 0.05) is 72.7 Å². The van der Waals surface area contributed by atoms with Gasteiger partial charge in [0.2, 0.25) is 0 Å². The standard InChI is InChI=1S/C38H45Cl2N5O2.C2H6.CH4O.CH2O/c1-23-17-30(18-24(2)37(23)40)47-16-8-10-27(19-28-9-7-11-33-35(28)29(21-46)20-45(33)6)31-12-13-32(39)36(38(31)42-15-14-41-5)34-25(3)43-22-44-26(34)4;3*1-2/h7,9,11-13,17-18,21-22,27,29,41-42H,8,10,14-16,19-20H2,1-6H3;1-2H3;2H,1H3;1H2. The van der Waals surface area contributed by atoms with Gasteiger partial charge < -0.3 is 35.0 Å². The normalized spacial score (nSPS) is 13.3. The summed E-state index contributed by atoms with van der Waals surface area (Å²) in [5.41, 5.74) is 11.3. The number of aromatic nitrogens is 2. The Kier molecular flexibility index (Phi) is 19.5. The molecule has 288 valence electrons.